The van der Waals surface area contributed by atoms with Crippen molar-refractivity contribution in [2.75, 3.05) is 25.0 Å². The molecule has 0 aromatic heterocycles. The molecule has 3 aliphatic rings. The van der Waals surface area contributed by atoms with Gasteiger partial charge in [0.1, 0.15) is 11.9 Å². The topological polar surface area (TPSA) is 60.4 Å². The average molecular weight is 340 g/mol. The van der Waals surface area contributed by atoms with Crippen molar-refractivity contribution in [3.63, 3.8) is 0 Å². The van der Waals surface area contributed by atoms with Crippen LogP contribution in [0.15, 0.2) is 18.3 Å². The number of hydrogen-bond donors (Lipinski definition) is 3. The molecular weight excluding hydrogens is 312 g/mol. The van der Waals surface area contributed by atoms with E-state index in [-0.39, 0.29) is 6.10 Å². The second-order valence-electron chi connectivity index (χ2n) is 7.52. The van der Waals surface area contributed by atoms with Crippen molar-refractivity contribution >= 4 is 17.5 Å². The van der Waals surface area contributed by atoms with E-state index in [0.29, 0.717) is 12.1 Å². The molecule has 134 valence electrons. The predicted octanol–water partition coefficient (Wildman–Crippen LogP) is 2.55. The van der Waals surface area contributed by atoms with Crippen molar-refractivity contribution in [3.8, 4) is 5.75 Å². The maximum Gasteiger partial charge on any atom is 0.133 e. The summed E-state index contributed by atoms with van der Waals surface area (Å²) < 4.78 is 6.41. The molecule has 0 radical (unpaired) electrons. The third-order valence-corrected chi connectivity index (χ3v) is 5.64. The van der Waals surface area contributed by atoms with E-state index in [1.54, 1.807) is 0 Å². The van der Waals surface area contributed by atoms with Crippen LogP contribution in [0, 0.1) is 5.41 Å². The number of nitrogens with one attached hydrogen (secondary N) is 3. The number of fused-ring (bicyclic) bond motifs is 1. The van der Waals surface area contributed by atoms with Crippen LogP contribution in [0.4, 0.5) is 5.69 Å². The van der Waals surface area contributed by atoms with E-state index in [1.807, 2.05) is 6.20 Å². The number of allylic oxidation sites excluding steroid dienone is 1. The van der Waals surface area contributed by atoms with Gasteiger partial charge in [0.05, 0.1) is 0 Å². The van der Waals surface area contributed by atoms with Crippen LogP contribution in [-0.2, 0) is 6.42 Å². The van der Waals surface area contributed by atoms with Gasteiger partial charge < -0.3 is 25.7 Å². The number of rotatable bonds is 6. The zero-order valence-corrected chi connectivity index (χ0v) is 15.1. The summed E-state index contributed by atoms with van der Waals surface area (Å²) >= 11 is 0. The molecule has 1 aromatic carbocycles. The van der Waals surface area contributed by atoms with Gasteiger partial charge in [0.2, 0.25) is 0 Å². The lowest BCUT2D eigenvalue weighted by Crippen LogP contribution is -2.50. The molecule has 0 amide bonds. The Hall–Kier alpha value is -2.01. The summed E-state index contributed by atoms with van der Waals surface area (Å²) in [5.41, 5.74) is 4.50. The maximum absolute atomic E-state index is 7.90. The smallest absolute Gasteiger partial charge is 0.133 e. The Balaban J connectivity index is 1.73. The van der Waals surface area contributed by atoms with Crippen molar-refractivity contribution in [3.05, 3.63) is 29.5 Å². The van der Waals surface area contributed by atoms with Gasteiger partial charge in [-0.1, -0.05) is 0 Å². The Labute approximate surface area is 149 Å². The van der Waals surface area contributed by atoms with Gasteiger partial charge in [0.15, 0.2) is 0 Å². The lowest BCUT2D eigenvalue weighted by Gasteiger charge is -2.37. The van der Waals surface area contributed by atoms with Crippen LogP contribution < -0.4 is 20.3 Å². The van der Waals surface area contributed by atoms with Gasteiger partial charge >= 0.3 is 0 Å². The van der Waals surface area contributed by atoms with E-state index in [2.05, 4.69) is 41.6 Å². The Bertz CT molecular complexity index is 691. The minimum Gasteiger partial charge on any atom is -0.487 e. The minimum atomic E-state index is 0.235. The van der Waals surface area contributed by atoms with E-state index in [4.69, 9.17) is 10.1 Å². The molecule has 0 bridgehead atoms. The highest BCUT2D eigenvalue weighted by Gasteiger charge is 2.28. The van der Waals surface area contributed by atoms with Gasteiger partial charge in [-0.05, 0) is 44.7 Å². The molecule has 3 N–H and O–H groups in total. The maximum atomic E-state index is 7.90. The van der Waals surface area contributed by atoms with Gasteiger partial charge in [-0.2, -0.15) is 0 Å². The lowest BCUT2D eigenvalue weighted by atomic mass is 9.92. The highest BCUT2D eigenvalue weighted by atomic mass is 16.5. The molecule has 25 heavy (non-hydrogen) atoms. The summed E-state index contributed by atoms with van der Waals surface area (Å²) in [4.78, 5) is 2.35. The van der Waals surface area contributed by atoms with Crippen LogP contribution >= 0.6 is 0 Å². The van der Waals surface area contributed by atoms with Crippen LogP contribution in [0.1, 0.15) is 37.3 Å². The zero-order chi connectivity index (χ0) is 17.4. The average Bonchev–Trinajstić information content (AvgIpc) is 3.40. The first-order valence-corrected chi connectivity index (χ1v) is 9.40. The second-order valence-corrected chi connectivity index (χ2v) is 7.52. The number of ether oxygens (including phenoxy) is 1. The van der Waals surface area contributed by atoms with Crippen LogP contribution in [0.3, 0.4) is 0 Å². The number of anilines is 1. The SMILES string of the molecule is CC1CCc2c(ccc(/C(C=N)=C/NC3CC3)c2OC2CNC2)N1C. The highest BCUT2D eigenvalue weighted by Crippen LogP contribution is 2.41. The highest BCUT2D eigenvalue weighted by molar-refractivity contribution is 6.09. The number of nitrogens with zero attached hydrogens (tertiary/aromatic N) is 1. The van der Waals surface area contributed by atoms with Crippen molar-refractivity contribution < 1.29 is 4.74 Å². The standard InChI is InChI=1S/C20H28N4O/c1-13-3-6-18-19(24(13)2)8-7-17(20(18)25-16-11-22-12-16)14(9-21)10-23-15-4-5-15/h7-10,13,15-16,21-23H,3-6,11-12H2,1-2H3/b14-10+,21-9?. The molecule has 4 rings (SSSR count). The van der Waals surface area contributed by atoms with E-state index < -0.39 is 0 Å². The summed E-state index contributed by atoms with van der Waals surface area (Å²) in [6.45, 7) is 4.08. The molecule has 0 spiro atoms. The molecule has 1 aromatic rings. The Morgan fingerprint density at radius 2 is 2.12 bits per heavy atom. The monoisotopic (exact) mass is 340 g/mol. The van der Waals surface area contributed by atoms with E-state index in [9.17, 15) is 0 Å². The molecule has 5 heteroatoms. The van der Waals surface area contributed by atoms with Crippen LogP contribution in [-0.4, -0.2) is 44.5 Å². The summed E-state index contributed by atoms with van der Waals surface area (Å²) in [6.07, 6.45) is 8.29. The summed E-state index contributed by atoms with van der Waals surface area (Å²) in [7, 11) is 2.17. The largest absolute Gasteiger partial charge is 0.487 e. The fourth-order valence-electron chi connectivity index (χ4n) is 3.50. The van der Waals surface area contributed by atoms with E-state index in [1.165, 1.54) is 30.3 Å². The lowest BCUT2D eigenvalue weighted by molar-refractivity contribution is 0.140. The minimum absolute atomic E-state index is 0.235. The van der Waals surface area contributed by atoms with Crippen molar-refractivity contribution in [2.45, 2.75) is 50.8 Å². The van der Waals surface area contributed by atoms with Gasteiger partial charge in [0.25, 0.3) is 0 Å². The Morgan fingerprint density at radius 3 is 2.76 bits per heavy atom. The molecule has 5 nitrogen and oxygen atoms in total. The van der Waals surface area contributed by atoms with Gasteiger partial charge in [0, 0.05) is 67.0 Å². The van der Waals surface area contributed by atoms with Gasteiger partial charge in [-0.25, -0.2) is 0 Å². The Kier molecular flexibility index (Phi) is 4.42. The number of benzene rings is 1. The first-order chi connectivity index (χ1) is 12.2. The number of hydrogen-bond acceptors (Lipinski definition) is 5. The van der Waals surface area contributed by atoms with Gasteiger partial charge in [-0.3, -0.25) is 0 Å². The van der Waals surface area contributed by atoms with Crippen molar-refractivity contribution in [1.82, 2.24) is 10.6 Å². The molecule has 1 atom stereocenters. The molecule has 1 aliphatic carbocycles. The third-order valence-electron chi connectivity index (χ3n) is 5.64. The van der Waals surface area contributed by atoms with Gasteiger partial charge in [-0.15, -0.1) is 0 Å². The van der Waals surface area contributed by atoms with Crippen LogP contribution in [0.5, 0.6) is 5.75 Å². The van der Waals surface area contributed by atoms with Crippen molar-refractivity contribution in [1.29, 1.82) is 5.41 Å². The first-order valence-electron chi connectivity index (χ1n) is 9.40. The fraction of sp³-hybridized carbons (Fsp3) is 0.550. The molecule has 1 saturated carbocycles. The molecular formula is C20H28N4O. The van der Waals surface area contributed by atoms with Crippen LogP contribution in [0.2, 0.25) is 0 Å². The van der Waals surface area contributed by atoms with Crippen molar-refractivity contribution in [2.24, 2.45) is 0 Å². The molecule has 2 aliphatic heterocycles. The van der Waals surface area contributed by atoms with Crippen LogP contribution in [0.25, 0.3) is 5.57 Å². The quantitative estimate of drug-likeness (QED) is 0.697. The summed E-state index contributed by atoms with van der Waals surface area (Å²) in [6, 6.07) is 5.45. The molecule has 2 heterocycles. The molecule has 1 unspecified atom stereocenters. The Morgan fingerprint density at radius 1 is 1.32 bits per heavy atom. The molecule has 2 fully saturated rings. The second kappa shape index (κ2) is 6.71. The molecule has 1 saturated heterocycles. The van der Waals surface area contributed by atoms with E-state index in [0.717, 1.165) is 42.8 Å². The summed E-state index contributed by atoms with van der Waals surface area (Å²) in [5.74, 6) is 0.982. The zero-order valence-electron chi connectivity index (χ0n) is 15.1. The fourth-order valence-corrected chi connectivity index (χ4v) is 3.50. The third kappa shape index (κ3) is 3.25. The normalized spacial score (nSPS) is 23.7. The summed E-state index contributed by atoms with van der Waals surface area (Å²) in [5, 5.41) is 14.6. The predicted molar refractivity (Wildman–Crippen MR) is 103 cm³/mol. The van der Waals surface area contributed by atoms with E-state index >= 15 is 0 Å². The first kappa shape index (κ1) is 16.5.